The number of carbonyl (C=O) groups is 2. The van der Waals surface area contributed by atoms with Gasteiger partial charge in [-0.05, 0) is 32.0 Å². The van der Waals surface area contributed by atoms with Crippen LogP contribution in [0.4, 0.5) is 0 Å². The van der Waals surface area contributed by atoms with E-state index in [1.165, 1.54) is 0 Å². The Morgan fingerprint density at radius 3 is 3.10 bits per heavy atom. The van der Waals surface area contributed by atoms with Gasteiger partial charge in [0, 0.05) is 11.9 Å². The van der Waals surface area contributed by atoms with E-state index in [-0.39, 0.29) is 17.6 Å². The van der Waals surface area contributed by atoms with Crippen molar-refractivity contribution in [3.8, 4) is 0 Å². The van der Waals surface area contributed by atoms with Gasteiger partial charge in [-0.2, -0.15) is 0 Å². The molecule has 1 amide bonds. The van der Waals surface area contributed by atoms with E-state index in [9.17, 15) is 9.59 Å². The third-order valence-electron chi connectivity index (χ3n) is 3.40. The summed E-state index contributed by atoms with van der Waals surface area (Å²) >= 11 is 0. The molecule has 2 aromatic rings. The number of rotatable bonds is 2. The molecule has 6 heteroatoms. The lowest BCUT2D eigenvalue weighted by Gasteiger charge is -2.23. The SMILES string of the molecule is CCOC(=O)c1ccc2cc3n(c2n1)C(C)CNC3=O. The maximum absolute atomic E-state index is 11.9. The molecule has 3 heterocycles. The van der Waals surface area contributed by atoms with Crippen LogP contribution in [-0.4, -0.2) is 34.6 Å². The number of pyridine rings is 1. The number of hydrogen-bond donors (Lipinski definition) is 1. The average Bonchev–Trinajstić information content (AvgIpc) is 2.83. The highest BCUT2D eigenvalue weighted by Crippen LogP contribution is 2.25. The van der Waals surface area contributed by atoms with E-state index in [4.69, 9.17) is 4.74 Å². The third-order valence-corrected chi connectivity index (χ3v) is 3.40. The number of hydrogen-bond acceptors (Lipinski definition) is 4. The summed E-state index contributed by atoms with van der Waals surface area (Å²) in [5.74, 6) is -0.559. The molecule has 2 aromatic heterocycles. The first-order valence-corrected chi connectivity index (χ1v) is 6.59. The molecule has 1 aliphatic rings. The second-order valence-electron chi connectivity index (χ2n) is 4.79. The van der Waals surface area contributed by atoms with Gasteiger partial charge in [0.2, 0.25) is 0 Å². The lowest BCUT2D eigenvalue weighted by Crippen LogP contribution is -2.37. The quantitative estimate of drug-likeness (QED) is 0.842. The Hall–Kier alpha value is -2.37. The van der Waals surface area contributed by atoms with E-state index in [2.05, 4.69) is 10.3 Å². The van der Waals surface area contributed by atoms with Gasteiger partial charge >= 0.3 is 5.97 Å². The Kier molecular flexibility index (Phi) is 2.93. The number of fused-ring (bicyclic) bond motifs is 3. The molecule has 1 atom stereocenters. The lowest BCUT2D eigenvalue weighted by molar-refractivity contribution is 0.0519. The van der Waals surface area contributed by atoms with Crippen LogP contribution in [-0.2, 0) is 4.74 Å². The van der Waals surface area contributed by atoms with E-state index in [1.54, 1.807) is 25.1 Å². The maximum Gasteiger partial charge on any atom is 0.356 e. The van der Waals surface area contributed by atoms with E-state index in [0.717, 1.165) is 5.39 Å². The molecule has 104 valence electrons. The van der Waals surface area contributed by atoms with Crippen LogP contribution in [0.25, 0.3) is 11.0 Å². The Morgan fingerprint density at radius 1 is 1.55 bits per heavy atom. The van der Waals surface area contributed by atoms with Crippen molar-refractivity contribution in [3.05, 3.63) is 29.6 Å². The molecule has 0 fully saturated rings. The summed E-state index contributed by atoms with van der Waals surface area (Å²) in [6, 6.07) is 5.31. The molecule has 1 aliphatic heterocycles. The standard InChI is InChI=1S/C14H15N3O3/c1-3-20-14(19)10-5-4-9-6-11-13(18)15-7-8(2)17(11)12(9)16-10/h4-6,8H,3,7H2,1-2H3,(H,15,18). The molecule has 1 N–H and O–H groups in total. The zero-order chi connectivity index (χ0) is 14.3. The highest BCUT2D eigenvalue weighted by Gasteiger charge is 2.25. The van der Waals surface area contributed by atoms with Crippen LogP contribution < -0.4 is 5.32 Å². The van der Waals surface area contributed by atoms with Crippen LogP contribution in [0.15, 0.2) is 18.2 Å². The number of nitrogens with zero attached hydrogens (tertiary/aromatic N) is 2. The smallest absolute Gasteiger partial charge is 0.356 e. The Balaban J connectivity index is 2.16. The second kappa shape index (κ2) is 4.63. The molecule has 0 bridgehead atoms. The van der Waals surface area contributed by atoms with Crippen LogP contribution in [0, 0.1) is 0 Å². The molecule has 0 spiro atoms. The van der Waals surface area contributed by atoms with E-state index in [1.807, 2.05) is 11.5 Å². The first-order valence-electron chi connectivity index (χ1n) is 6.59. The fraction of sp³-hybridized carbons (Fsp3) is 0.357. The van der Waals surface area contributed by atoms with Crippen molar-refractivity contribution in [3.63, 3.8) is 0 Å². The number of ether oxygens (including phenoxy) is 1. The molecule has 0 aromatic carbocycles. The van der Waals surface area contributed by atoms with Crippen molar-refractivity contribution in [1.82, 2.24) is 14.9 Å². The van der Waals surface area contributed by atoms with Crippen molar-refractivity contribution in [2.75, 3.05) is 13.2 Å². The fourth-order valence-corrected chi connectivity index (χ4v) is 2.46. The van der Waals surface area contributed by atoms with Gasteiger partial charge < -0.3 is 14.6 Å². The number of nitrogens with one attached hydrogen (secondary N) is 1. The van der Waals surface area contributed by atoms with E-state index < -0.39 is 5.97 Å². The summed E-state index contributed by atoms with van der Waals surface area (Å²) in [6.45, 7) is 4.62. The molecule has 0 saturated heterocycles. The summed E-state index contributed by atoms with van der Waals surface area (Å²) in [4.78, 5) is 28.0. The summed E-state index contributed by atoms with van der Waals surface area (Å²) in [6.07, 6.45) is 0. The molecular weight excluding hydrogens is 258 g/mol. The minimum atomic E-state index is -0.446. The zero-order valence-electron chi connectivity index (χ0n) is 11.3. The average molecular weight is 273 g/mol. The Bertz CT molecular complexity index is 705. The fourth-order valence-electron chi connectivity index (χ4n) is 2.46. The van der Waals surface area contributed by atoms with E-state index >= 15 is 0 Å². The number of aromatic nitrogens is 2. The minimum absolute atomic E-state index is 0.102. The van der Waals surface area contributed by atoms with Crippen LogP contribution in [0.5, 0.6) is 0 Å². The highest BCUT2D eigenvalue weighted by molar-refractivity contribution is 5.99. The minimum Gasteiger partial charge on any atom is -0.461 e. The molecule has 20 heavy (non-hydrogen) atoms. The van der Waals surface area contributed by atoms with Gasteiger partial charge in [0.05, 0.1) is 12.6 Å². The van der Waals surface area contributed by atoms with Crippen molar-refractivity contribution in [2.24, 2.45) is 0 Å². The van der Waals surface area contributed by atoms with Crippen LogP contribution >= 0.6 is 0 Å². The molecule has 3 rings (SSSR count). The molecule has 0 radical (unpaired) electrons. The van der Waals surface area contributed by atoms with Gasteiger partial charge in [-0.25, -0.2) is 9.78 Å². The molecule has 0 saturated carbocycles. The normalized spacial score (nSPS) is 17.7. The topological polar surface area (TPSA) is 73.2 Å². The Morgan fingerprint density at radius 2 is 2.35 bits per heavy atom. The van der Waals surface area contributed by atoms with Gasteiger partial charge in [0.15, 0.2) is 5.69 Å². The van der Waals surface area contributed by atoms with E-state index in [0.29, 0.717) is 24.5 Å². The molecule has 1 unspecified atom stereocenters. The highest BCUT2D eigenvalue weighted by atomic mass is 16.5. The van der Waals surface area contributed by atoms with Gasteiger partial charge in [0.25, 0.3) is 5.91 Å². The van der Waals surface area contributed by atoms with Crippen LogP contribution in [0.2, 0.25) is 0 Å². The predicted octanol–water partition coefficient (Wildman–Crippen LogP) is 1.52. The first kappa shape index (κ1) is 12.7. The molecule has 0 aliphatic carbocycles. The summed E-state index contributed by atoms with van der Waals surface area (Å²) in [5.41, 5.74) is 1.48. The van der Waals surface area contributed by atoms with Crippen molar-refractivity contribution in [1.29, 1.82) is 0 Å². The molecular formula is C14H15N3O3. The van der Waals surface area contributed by atoms with Gasteiger partial charge in [0.1, 0.15) is 11.3 Å². The number of amides is 1. The first-order chi connectivity index (χ1) is 9.61. The predicted molar refractivity (Wildman–Crippen MR) is 72.7 cm³/mol. The lowest BCUT2D eigenvalue weighted by atomic mass is 10.2. The monoisotopic (exact) mass is 273 g/mol. The largest absolute Gasteiger partial charge is 0.461 e. The van der Waals surface area contributed by atoms with Crippen molar-refractivity contribution >= 4 is 22.9 Å². The van der Waals surface area contributed by atoms with Gasteiger partial charge in [-0.1, -0.05) is 0 Å². The maximum atomic E-state index is 11.9. The third kappa shape index (κ3) is 1.84. The van der Waals surface area contributed by atoms with Crippen LogP contribution in [0.1, 0.15) is 40.9 Å². The van der Waals surface area contributed by atoms with Crippen molar-refractivity contribution < 1.29 is 14.3 Å². The summed E-state index contributed by atoms with van der Waals surface area (Å²) < 4.78 is 6.83. The zero-order valence-corrected chi connectivity index (χ0v) is 11.3. The summed E-state index contributed by atoms with van der Waals surface area (Å²) in [5, 5.41) is 3.67. The van der Waals surface area contributed by atoms with Gasteiger partial charge in [-0.3, -0.25) is 4.79 Å². The second-order valence-corrected chi connectivity index (χ2v) is 4.79. The number of esters is 1. The van der Waals surface area contributed by atoms with Crippen molar-refractivity contribution in [2.45, 2.75) is 19.9 Å². The Labute approximate surface area is 115 Å². The van der Waals surface area contributed by atoms with Gasteiger partial charge in [-0.15, -0.1) is 0 Å². The number of carbonyl (C=O) groups excluding carboxylic acids is 2. The summed E-state index contributed by atoms with van der Waals surface area (Å²) in [7, 11) is 0. The van der Waals surface area contributed by atoms with Crippen LogP contribution in [0.3, 0.4) is 0 Å². The molecule has 6 nitrogen and oxygen atoms in total.